The molecule has 3 heteroatoms. The molecule has 0 radical (unpaired) electrons. The number of aliphatic hydroxyl groups is 1. The first-order valence-corrected chi connectivity index (χ1v) is 9.43. The van der Waals surface area contributed by atoms with Crippen molar-refractivity contribution in [3.05, 3.63) is 0 Å². The van der Waals surface area contributed by atoms with Crippen LogP contribution in [0.1, 0.15) is 86.0 Å². The Balaban J connectivity index is 2.17. The molecule has 0 spiro atoms. The molecule has 2 fully saturated rings. The van der Waals surface area contributed by atoms with Gasteiger partial charge in [-0.2, -0.15) is 0 Å². The van der Waals surface area contributed by atoms with Crippen LogP contribution in [0, 0.1) is 28.6 Å². The van der Waals surface area contributed by atoms with Gasteiger partial charge in [-0.15, -0.1) is 0 Å². The fraction of sp³-hybridized carbons (Fsp3) is 0.950. The average molecular weight is 325 g/mol. The minimum absolute atomic E-state index is 0.184. The van der Waals surface area contributed by atoms with E-state index in [-0.39, 0.29) is 23.7 Å². The van der Waals surface area contributed by atoms with Crippen LogP contribution in [0.3, 0.4) is 0 Å². The van der Waals surface area contributed by atoms with Crippen LogP contribution in [0.4, 0.5) is 0 Å². The zero-order valence-electron chi connectivity index (χ0n) is 15.7. The summed E-state index contributed by atoms with van der Waals surface area (Å²) in [5, 5.41) is 20.1. The fourth-order valence-electron chi connectivity index (χ4n) is 6.12. The lowest BCUT2D eigenvalue weighted by molar-refractivity contribution is -0.170. The Morgan fingerprint density at radius 2 is 1.83 bits per heavy atom. The molecule has 134 valence electrons. The predicted octanol–water partition coefficient (Wildman–Crippen LogP) is 4.87. The molecule has 0 heterocycles. The summed E-state index contributed by atoms with van der Waals surface area (Å²) in [4.78, 5) is 10.9. The van der Waals surface area contributed by atoms with Crippen LogP contribution in [0.2, 0.25) is 0 Å². The second-order valence-corrected chi connectivity index (χ2v) is 9.63. The maximum atomic E-state index is 11.1. The van der Waals surface area contributed by atoms with Crippen LogP contribution in [-0.4, -0.2) is 21.8 Å². The lowest BCUT2D eigenvalue weighted by Crippen LogP contribution is -2.57. The summed E-state index contributed by atoms with van der Waals surface area (Å²) in [6, 6.07) is 0. The summed E-state index contributed by atoms with van der Waals surface area (Å²) in [6.45, 7) is 11.2. The molecule has 5 atom stereocenters. The summed E-state index contributed by atoms with van der Waals surface area (Å²) in [7, 11) is 0. The smallest absolute Gasteiger partial charge is 0.303 e. The molecule has 2 aliphatic rings. The fourth-order valence-corrected chi connectivity index (χ4v) is 6.12. The summed E-state index contributed by atoms with van der Waals surface area (Å²) in [5.74, 6) is 0.424. The maximum absolute atomic E-state index is 11.1. The lowest BCUT2D eigenvalue weighted by Gasteiger charge is -2.61. The Bertz CT molecular complexity index is 440. The molecule has 2 N–H and O–H groups in total. The van der Waals surface area contributed by atoms with Gasteiger partial charge in [-0.05, 0) is 74.0 Å². The number of hydrogen-bond donors (Lipinski definition) is 2. The number of rotatable bonds is 5. The molecule has 2 saturated carbocycles. The third-order valence-corrected chi connectivity index (χ3v) is 7.23. The monoisotopic (exact) mass is 324 g/mol. The zero-order valence-corrected chi connectivity index (χ0v) is 15.7. The first kappa shape index (κ1) is 18.8. The Morgan fingerprint density at radius 3 is 2.43 bits per heavy atom. The topological polar surface area (TPSA) is 57.5 Å². The molecule has 0 aliphatic heterocycles. The van der Waals surface area contributed by atoms with E-state index in [1.165, 1.54) is 19.3 Å². The number of aliphatic carboxylic acids is 1. The largest absolute Gasteiger partial charge is 0.481 e. The van der Waals surface area contributed by atoms with Crippen LogP contribution in [0.15, 0.2) is 0 Å². The standard InChI is InChI=1S/C20H36O3/c1-14(13-17(21)22)7-8-16-19(4)11-6-10-18(2,3)15(19)9-12-20(16,5)23/h14-16,23H,6-13H2,1-5H3,(H,21,22)/t14-,15-,16-,19+,20-/m1/s1. The molecule has 0 aromatic carbocycles. The van der Waals surface area contributed by atoms with Gasteiger partial charge in [0.1, 0.15) is 0 Å². The number of carbonyl (C=O) groups is 1. The van der Waals surface area contributed by atoms with Crippen molar-refractivity contribution in [1.29, 1.82) is 0 Å². The van der Waals surface area contributed by atoms with Crippen molar-refractivity contribution in [3.63, 3.8) is 0 Å². The number of carboxylic acids is 1. The molecule has 0 bridgehead atoms. The van der Waals surface area contributed by atoms with Crippen LogP contribution in [-0.2, 0) is 4.79 Å². The van der Waals surface area contributed by atoms with E-state index in [1.807, 2.05) is 13.8 Å². The molecule has 0 unspecified atom stereocenters. The van der Waals surface area contributed by atoms with Crippen molar-refractivity contribution >= 4 is 5.97 Å². The second kappa shape index (κ2) is 6.38. The van der Waals surface area contributed by atoms with E-state index in [9.17, 15) is 9.90 Å². The van der Waals surface area contributed by atoms with Gasteiger partial charge in [-0.1, -0.05) is 34.1 Å². The summed E-state index contributed by atoms with van der Waals surface area (Å²) in [5.41, 5.74) is -0.0670. The van der Waals surface area contributed by atoms with Gasteiger partial charge in [0, 0.05) is 6.42 Å². The van der Waals surface area contributed by atoms with E-state index in [0.29, 0.717) is 11.3 Å². The van der Waals surface area contributed by atoms with Gasteiger partial charge in [0.2, 0.25) is 0 Å². The Hall–Kier alpha value is -0.570. The first-order chi connectivity index (χ1) is 10.5. The zero-order chi connectivity index (χ0) is 17.5. The highest BCUT2D eigenvalue weighted by Crippen LogP contribution is 2.63. The minimum atomic E-state index is -0.712. The summed E-state index contributed by atoms with van der Waals surface area (Å²) >= 11 is 0. The third kappa shape index (κ3) is 3.75. The van der Waals surface area contributed by atoms with Crippen molar-refractivity contribution in [1.82, 2.24) is 0 Å². The van der Waals surface area contributed by atoms with Gasteiger partial charge >= 0.3 is 5.97 Å². The van der Waals surface area contributed by atoms with Gasteiger partial charge in [-0.3, -0.25) is 4.79 Å². The highest BCUT2D eigenvalue weighted by Gasteiger charge is 2.57. The number of carboxylic acid groups (broad SMARTS) is 1. The third-order valence-electron chi connectivity index (χ3n) is 7.23. The second-order valence-electron chi connectivity index (χ2n) is 9.63. The molecule has 0 aromatic rings. The van der Waals surface area contributed by atoms with Gasteiger partial charge in [0.25, 0.3) is 0 Å². The lowest BCUT2D eigenvalue weighted by atomic mass is 9.45. The van der Waals surface area contributed by atoms with Crippen LogP contribution < -0.4 is 0 Å². The van der Waals surface area contributed by atoms with E-state index in [0.717, 1.165) is 25.7 Å². The Kier molecular flexibility index (Phi) is 5.21. The predicted molar refractivity (Wildman–Crippen MR) is 93.2 cm³/mol. The molecule has 0 amide bonds. The molecular formula is C20H36O3. The van der Waals surface area contributed by atoms with Gasteiger partial charge in [0.15, 0.2) is 0 Å². The molecule has 2 aliphatic carbocycles. The maximum Gasteiger partial charge on any atom is 0.303 e. The van der Waals surface area contributed by atoms with Crippen LogP contribution >= 0.6 is 0 Å². The number of hydrogen-bond acceptors (Lipinski definition) is 2. The van der Waals surface area contributed by atoms with Gasteiger partial charge in [0.05, 0.1) is 5.60 Å². The Labute approximate surface area is 141 Å². The quantitative estimate of drug-likeness (QED) is 0.758. The molecule has 0 aromatic heterocycles. The van der Waals surface area contributed by atoms with E-state index in [1.54, 1.807) is 0 Å². The van der Waals surface area contributed by atoms with Crippen molar-refractivity contribution in [3.8, 4) is 0 Å². The van der Waals surface area contributed by atoms with Crippen molar-refractivity contribution in [2.24, 2.45) is 28.6 Å². The highest BCUT2D eigenvalue weighted by molar-refractivity contribution is 5.66. The van der Waals surface area contributed by atoms with E-state index < -0.39 is 11.6 Å². The molecule has 3 nitrogen and oxygen atoms in total. The van der Waals surface area contributed by atoms with Gasteiger partial charge < -0.3 is 10.2 Å². The minimum Gasteiger partial charge on any atom is -0.481 e. The van der Waals surface area contributed by atoms with E-state index in [2.05, 4.69) is 20.8 Å². The normalized spacial score (nSPS) is 41.1. The van der Waals surface area contributed by atoms with Crippen molar-refractivity contribution in [2.45, 2.75) is 91.6 Å². The Morgan fingerprint density at radius 1 is 1.17 bits per heavy atom. The summed E-state index contributed by atoms with van der Waals surface area (Å²) in [6.07, 6.45) is 7.83. The molecule has 23 heavy (non-hydrogen) atoms. The first-order valence-electron chi connectivity index (χ1n) is 9.43. The van der Waals surface area contributed by atoms with Crippen molar-refractivity contribution < 1.29 is 15.0 Å². The van der Waals surface area contributed by atoms with Gasteiger partial charge in [-0.25, -0.2) is 0 Å². The van der Waals surface area contributed by atoms with Crippen LogP contribution in [0.25, 0.3) is 0 Å². The summed E-state index contributed by atoms with van der Waals surface area (Å²) < 4.78 is 0. The average Bonchev–Trinajstić information content (AvgIpc) is 2.34. The van der Waals surface area contributed by atoms with E-state index >= 15 is 0 Å². The highest BCUT2D eigenvalue weighted by atomic mass is 16.4. The SMILES string of the molecule is C[C@H](CC[C@@H]1[C@@]2(C)CCCC(C)(C)[C@H]2CC[C@@]1(C)O)CC(=O)O. The molecule has 0 saturated heterocycles. The van der Waals surface area contributed by atoms with Crippen LogP contribution in [0.5, 0.6) is 0 Å². The number of fused-ring (bicyclic) bond motifs is 1. The van der Waals surface area contributed by atoms with Crippen molar-refractivity contribution in [2.75, 3.05) is 0 Å². The molecular weight excluding hydrogens is 288 g/mol. The van der Waals surface area contributed by atoms with E-state index in [4.69, 9.17) is 5.11 Å². The molecule has 2 rings (SSSR count).